The van der Waals surface area contributed by atoms with E-state index in [1.165, 1.54) is 0 Å². The van der Waals surface area contributed by atoms with Crippen LogP contribution in [0.3, 0.4) is 0 Å². The fourth-order valence-corrected chi connectivity index (χ4v) is 2.81. The number of carbonyl (C=O) groups is 1. The zero-order chi connectivity index (χ0) is 20.0. The topological polar surface area (TPSA) is 53.0 Å². The number of methoxy groups -OCH3 is 1. The van der Waals surface area contributed by atoms with Gasteiger partial charge in [0.05, 0.1) is 7.11 Å². The number of ether oxygens (including phenoxy) is 1. The van der Waals surface area contributed by atoms with Crippen LogP contribution in [0.25, 0.3) is 6.08 Å². The van der Waals surface area contributed by atoms with Crippen LogP contribution in [-0.2, 0) is 13.1 Å². The number of phenolic OH excluding ortho intramolecular Hbond substituents is 1. The molecule has 0 saturated heterocycles. The number of ketones is 1. The summed E-state index contributed by atoms with van der Waals surface area (Å²) in [6, 6.07) is 11.1. The van der Waals surface area contributed by atoms with E-state index in [4.69, 9.17) is 4.74 Å². The zero-order valence-electron chi connectivity index (χ0n) is 17.1. The number of benzene rings is 2. The molecule has 0 aliphatic heterocycles. The molecule has 2 aromatic rings. The lowest BCUT2D eigenvalue weighted by molar-refractivity contribution is 0.104. The number of carbonyl (C=O) groups excluding carboxylic acids is 1. The van der Waals surface area contributed by atoms with E-state index in [-0.39, 0.29) is 23.9 Å². The third kappa shape index (κ3) is 6.68. The summed E-state index contributed by atoms with van der Waals surface area (Å²) in [6.45, 7) is 1.13. The van der Waals surface area contributed by atoms with Crippen molar-refractivity contribution in [3.8, 4) is 11.5 Å². The molecular formula is C22H29ClN2O3. The van der Waals surface area contributed by atoms with Crippen LogP contribution in [0.4, 0.5) is 0 Å². The van der Waals surface area contributed by atoms with Crippen molar-refractivity contribution in [1.82, 2.24) is 9.80 Å². The molecule has 6 heteroatoms. The summed E-state index contributed by atoms with van der Waals surface area (Å²) >= 11 is 0. The van der Waals surface area contributed by atoms with Gasteiger partial charge in [-0.15, -0.1) is 12.4 Å². The molecule has 5 nitrogen and oxygen atoms in total. The summed E-state index contributed by atoms with van der Waals surface area (Å²) in [6.07, 6.45) is 3.35. The van der Waals surface area contributed by atoms with E-state index in [0.29, 0.717) is 18.7 Å². The molecule has 2 rings (SSSR count). The molecule has 0 aromatic heterocycles. The van der Waals surface area contributed by atoms with Gasteiger partial charge in [-0.1, -0.05) is 18.2 Å². The fourth-order valence-electron chi connectivity index (χ4n) is 2.81. The molecule has 0 aliphatic rings. The maximum absolute atomic E-state index is 12.7. The van der Waals surface area contributed by atoms with Crippen molar-refractivity contribution in [2.24, 2.45) is 0 Å². The van der Waals surface area contributed by atoms with Gasteiger partial charge in [-0.3, -0.25) is 4.79 Å². The molecular weight excluding hydrogens is 376 g/mol. The Morgan fingerprint density at radius 2 is 1.50 bits per heavy atom. The van der Waals surface area contributed by atoms with Crippen LogP contribution in [0.5, 0.6) is 11.5 Å². The molecule has 1 N–H and O–H groups in total. The maximum Gasteiger partial charge on any atom is 0.185 e. The Morgan fingerprint density at radius 3 is 1.93 bits per heavy atom. The highest BCUT2D eigenvalue weighted by atomic mass is 35.5. The minimum absolute atomic E-state index is 0. The van der Waals surface area contributed by atoms with Crippen LogP contribution >= 0.6 is 12.4 Å². The SMILES string of the molecule is COc1ccc(/C=C/C(=O)c2cc(CN(C)C)c(O)c(CN(C)C)c2)cc1.Cl. The van der Waals surface area contributed by atoms with Gasteiger partial charge < -0.3 is 19.6 Å². The van der Waals surface area contributed by atoms with E-state index in [1.807, 2.05) is 62.3 Å². The van der Waals surface area contributed by atoms with E-state index in [1.54, 1.807) is 31.4 Å². The smallest absolute Gasteiger partial charge is 0.185 e. The van der Waals surface area contributed by atoms with E-state index >= 15 is 0 Å². The van der Waals surface area contributed by atoms with E-state index in [9.17, 15) is 9.90 Å². The van der Waals surface area contributed by atoms with Crippen molar-refractivity contribution in [3.63, 3.8) is 0 Å². The van der Waals surface area contributed by atoms with Crippen LogP contribution < -0.4 is 4.74 Å². The standard InChI is InChI=1S/C22H28N2O3.ClH/c1-23(2)14-18-12-17(13-19(22(18)26)15-24(3)4)21(25)11-8-16-6-9-20(27-5)10-7-16;/h6-13,26H,14-15H2,1-5H3;1H/b11-8+;. The molecule has 28 heavy (non-hydrogen) atoms. The Bertz CT molecular complexity index is 784. The van der Waals surface area contributed by atoms with Crippen LogP contribution in [0.1, 0.15) is 27.0 Å². The summed E-state index contributed by atoms with van der Waals surface area (Å²) in [7, 11) is 9.36. The summed E-state index contributed by atoms with van der Waals surface area (Å²) in [5.74, 6) is 0.942. The molecule has 0 fully saturated rings. The molecule has 0 saturated carbocycles. The highest BCUT2D eigenvalue weighted by Crippen LogP contribution is 2.27. The number of phenols is 1. The predicted octanol–water partition coefficient (Wildman–Crippen LogP) is 3.84. The van der Waals surface area contributed by atoms with Crippen molar-refractivity contribution in [1.29, 1.82) is 0 Å². The zero-order valence-corrected chi connectivity index (χ0v) is 17.9. The average Bonchev–Trinajstić information content (AvgIpc) is 2.62. The summed E-state index contributed by atoms with van der Waals surface area (Å²) in [4.78, 5) is 16.6. The largest absolute Gasteiger partial charge is 0.507 e. The molecule has 0 unspecified atom stereocenters. The van der Waals surface area contributed by atoms with Crippen molar-refractivity contribution in [2.45, 2.75) is 13.1 Å². The Morgan fingerprint density at radius 1 is 1.00 bits per heavy atom. The minimum Gasteiger partial charge on any atom is -0.507 e. The molecule has 0 heterocycles. The monoisotopic (exact) mass is 404 g/mol. The van der Waals surface area contributed by atoms with E-state index in [0.717, 1.165) is 22.4 Å². The van der Waals surface area contributed by atoms with Crippen LogP contribution in [-0.4, -0.2) is 56.0 Å². The normalized spacial score (nSPS) is 11.1. The quantitative estimate of drug-likeness (QED) is 0.535. The highest BCUT2D eigenvalue weighted by Gasteiger charge is 2.14. The summed E-state index contributed by atoms with van der Waals surface area (Å²) in [5.41, 5.74) is 3.00. The van der Waals surface area contributed by atoms with Crippen LogP contribution in [0.2, 0.25) is 0 Å². The Labute approximate surface area is 173 Å². The molecule has 0 spiro atoms. The van der Waals surface area contributed by atoms with Gasteiger partial charge in [0.25, 0.3) is 0 Å². The second-order valence-electron chi connectivity index (χ2n) is 7.09. The first-order valence-corrected chi connectivity index (χ1v) is 8.81. The Kier molecular flexibility index (Phi) is 9.19. The highest BCUT2D eigenvalue weighted by molar-refractivity contribution is 6.07. The van der Waals surface area contributed by atoms with Crippen molar-refractivity contribution in [2.75, 3.05) is 35.3 Å². The first-order chi connectivity index (χ1) is 12.8. The van der Waals surface area contributed by atoms with Crippen molar-refractivity contribution < 1.29 is 14.6 Å². The second kappa shape index (κ2) is 10.9. The van der Waals surface area contributed by atoms with Gasteiger partial charge >= 0.3 is 0 Å². The lowest BCUT2D eigenvalue weighted by Gasteiger charge is -2.17. The van der Waals surface area contributed by atoms with Gasteiger partial charge in [-0.2, -0.15) is 0 Å². The van der Waals surface area contributed by atoms with E-state index < -0.39 is 0 Å². The minimum atomic E-state index is -0.0918. The number of aromatic hydroxyl groups is 1. The summed E-state index contributed by atoms with van der Waals surface area (Å²) in [5, 5.41) is 10.6. The average molecular weight is 405 g/mol. The lowest BCUT2D eigenvalue weighted by atomic mass is 10.00. The van der Waals surface area contributed by atoms with Gasteiger partial charge in [0.2, 0.25) is 0 Å². The number of hydrogen-bond donors (Lipinski definition) is 1. The Balaban J connectivity index is 0.00000392. The van der Waals surface area contributed by atoms with Crippen LogP contribution in [0, 0.1) is 0 Å². The second-order valence-corrected chi connectivity index (χ2v) is 7.09. The van der Waals surface area contributed by atoms with Gasteiger partial charge in [0, 0.05) is 29.8 Å². The number of hydrogen-bond acceptors (Lipinski definition) is 5. The number of nitrogens with zero attached hydrogens (tertiary/aromatic N) is 2. The van der Waals surface area contributed by atoms with Crippen LogP contribution in [0.15, 0.2) is 42.5 Å². The lowest BCUT2D eigenvalue weighted by Crippen LogP contribution is -2.15. The molecule has 0 bridgehead atoms. The maximum atomic E-state index is 12.7. The van der Waals surface area contributed by atoms with Crippen molar-refractivity contribution >= 4 is 24.3 Å². The predicted molar refractivity (Wildman–Crippen MR) is 116 cm³/mol. The number of allylic oxidation sites excluding steroid dienone is 1. The van der Waals surface area contributed by atoms with Gasteiger partial charge in [-0.05, 0) is 64.1 Å². The van der Waals surface area contributed by atoms with Crippen molar-refractivity contribution in [3.05, 3.63) is 64.7 Å². The summed E-state index contributed by atoms with van der Waals surface area (Å²) < 4.78 is 5.14. The first-order valence-electron chi connectivity index (χ1n) is 8.81. The first kappa shape index (κ1) is 23.7. The molecule has 0 amide bonds. The molecule has 0 radical (unpaired) electrons. The molecule has 152 valence electrons. The van der Waals surface area contributed by atoms with E-state index in [2.05, 4.69) is 0 Å². The number of rotatable bonds is 8. The fraction of sp³-hybridized carbons (Fsp3) is 0.318. The number of halogens is 1. The Hall–Kier alpha value is -2.34. The third-order valence-electron chi connectivity index (χ3n) is 4.07. The molecule has 2 aromatic carbocycles. The molecule has 0 aliphatic carbocycles. The molecule has 0 atom stereocenters. The van der Waals surface area contributed by atoms with Gasteiger partial charge in [0.15, 0.2) is 5.78 Å². The van der Waals surface area contributed by atoms with Gasteiger partial charge in [-0.25, -0.2) is 0 Å². The third-order valence-corrected chi connectivity index (χ3v) is 4.07. The van der Waals surface area contributed by atoms with Gasteiger partial charge in [0.1, 0.15) is 11.5 Å².